The Morgan fingerprint density at radius 1 is 1.40 bits per heavy atom. The van der Waals surface area contributed by atoms with Crippen molar-refractivity contribution in [3.8, 4) is 0 Å². The molecule has 1 aromatic rings. The van der Waals surface area contributed by atoms with Crippen LogP contribution in [0.25, 0.3) is 0 Å². The monoisotopic (exact) mass is 278 g/mol. The minimum absolute atomic E-state index is 0.619. The van der Waals surface area contributed by atoms with Crippen LogP contribution in [0.15, 0.2) is 11.2 Å². The molecule has 1 aromatic heterocycles. The van der Waals surface area contributed by atoms with E-state index in [1.54, 1.807) is 0 Å². The quantitative estimate of drug-likeness (QED) is 0.448. The maximum atomic E-state index is 5.36. The molecule has 1 aliphatic heterocycles. The highest BCUT2D eigenvalue weighted by molar-refractivity contribution is 5.54. The van der Waals surface area contributed by atoms with Gasteiger partial charge >= 0.3 is 0 Å². The summed E-state index contributed by atoms with van der Waals surface area (Å²) in [6.45, 7) is 9.58. The van der Waals surface area contributed by atoms with Crippen LogP contribution in [0, 0.1) is 0 Å². The first-order valence-corrected chi connectivity index (χ1v) is 7.01. The molecule has 1 fully saturated rings. The number of anilines is 3. The minimum atomic E-state index is 0.619. The summed E-state index contributed by atoms with van der Waals surface area (Å²) >= 11 is 0. The number of nitrogens with zero attached hydrogens (tertiary/aromatic N) is 4. The summed E-state index contributed by atoms with van der Waals surface area (Å²) in [5, 5.41) is 6.91. The van der Waals surface area contributed by atoms with Gasteiger partial charge in [-0.15, -0.1) is 0 Å². The number of ether oxygens (including phenoxy) is 1. The van der Waals surface area contributed by atoms with Crippen molar-refractivity contribution in [2.45, 2.75) is 19.8 Å². The first-order valence-electron chi connectivity index (χ1n) is 7.01. The van der Waals surface area contributed by atoms with E-state index in [4.69, 9.17) is 4.74 Å². The second-order valence-electron chi connectivity index (χ2n) is 4.58. The van der Waals surface area contributed by atoms with Crippen molar-refractivity contribution >= 4 is 24.3 Å². The lowest BCUT2D eigenvalue weighted by atomic mass is 10.3. The van der Waals surface area contributed by atoms with Gasteiger partial charge in [-0.3, -0.25) is 5.43 Å². The molecule has 1 saturated heterocycles. The smallest absolute Gasteiger partial charge is 0.226 e. The Labute approximate surface area is 119 Å². The van der Waals surface area contributed by atoms with Crippen LogP contribution >= 0.6 is 0 Å². The molecule has 0 bridgehead atoms. The van der Waals surface area contributed by atoms with E-state index in [2.05, 4.69) is 44.4 Å². The molecule has 0 atom stereocenters. The third-order valence-corrected chi connectivity index (χ3v) is 3.05. The van der Waals surface area contributed by atoms with E-state index >= 15 is 0 Å². The van der Waals surface area contributed by atoms with E-state index in [1.807, 2.05) is 6.07 Å². The second kappa shape index (κ2) is 7.64. The summed E-state index contributed by atoms with van der Waals surface area (Å²) in [5.41, 5.74) is 2.78. The average molecular weight is 278 g/mol. The number of hydrogen-bond donors (Lipinski definition) is 2. The van der Waals surface area contributed by atoms with Crippen LogP contribution in [-0.4, -0.2) is 49.5 Å². The van der Waals surface area contributed by atoms with Gasteiger partial charge in [-0.25, -0.2) is 0 Å². The van der Waals surface area contributed by atoms with Crippen LogP contribution in [0.5, 0.6) is 0 Å². The Kier molecular flexibility index (Phi) is 5.55. The maximum absolute atomic E-state index is 5.36. The van der Waals surface area contributed by atoms with Gasteiger partial charge in [0.25, 0.3) is 0 Å². The summed E-state index contributed by atoms with van der Waals surface area (Å²) in [6, 6.07) is 1.88. The van der Waals surface area contributed by atoms with Gasteiger partial charge < -0.3 is 15.0 Å². The minimum Gasteiger partial charge on any atom is -0.378 e. The predicted molar refractivity (Wildman–Crippen MR) is 81.6 cm³/mol. The summed E-state index contributed by atoms with van der Waals surface area (Å²) in [7, 11) is 0. The van der Waals surface area contributed by atoms with E-state index in [0.29, 0.717) is 11.8 Å². The summed E-state index contributed by atoms with van der Waals surface area (Å²) in [6.07, 6.45) is 2.23. The Hall–Kier alpha value is -1.89. The third kappa shape index (κ3) is 4.06. The first-order chi connectivity index (χ1) is 9.83. The van der Waals surface area contributed by atoms with Gasteiger partial charge in [-0.1, -0.05) is 13.3 Å². The number of hydrazone groups is 1. The van der Waals surface area contributed by atoms with Crippen molar-refractivity contribution in [2.24, 2.45) is 5.10 Å². The van der Waals surface area contributed by atoms with Gasteiger partial charge in [0.1, 0.15) is 5.82 Å². The molecule has 0 aromatic carbocycles. The number of nitrogens with one attached hydrogen (secondary N) is 2. The van der Waals surface area contributed by atoms with Crippen molar-refractivity contribution in [2.75, 3.05) is 48.5 Å². The zero-order valence-corrected chi connectivity index (χ0v) is 11.9. The Balaban J connectivity index is 2.13. The van der Waals surface area contributed by atoms with Gasteiger partial charge in [0.15, 0.2) is 5.82 Å². The van der Waals surface area contributed by atoms with Crippen LogP contribution in [0.1, 0.15) is 19.8 Å². The molecular formula is C13H22N6O. The van der Waals surface area contributed by atoms with Gasteiger partial charge in [0, 0.05) is 32.4 Å². The number of morpholine rings is 1. The summed E-state index contributed by atoms with van der Waals surface area (Å²) in [4.78, 5) is 11.1. The van der Waals surface area contributed by atoms with Crippen LogP contribution in [0.3, 0.4) is 0 Å². The average Bonchev–Trinajstić information content (AvgIpc) is 2.49. The lowest BCUT2D eigenvalue weighted by Gasteiger charge is -2.28. The van der Waals surface area contributed by atoms with Gasteiger partial charge in [-0.05, 0) is 6.42 Å². The molecule has 2 N–H and O–H groups in total. The number of unbranched alkanes of at least 4 members (excludes halogenated alkanes) is 1. The topological polar surface area (TPSA) is 74.7 Å². The van der Waals surface area contributed by atoms with Crippen LogP contribution in [0.2, 0.25) is 0 Å². The lowest BCUT2D eigenvalue weighted by Crippen LogP contribution is -2.37. The molecule has 0 unspecified atom stereocenters. The molecule has 0 aliphatic carbocycles. The normalized spacial score (nSPS) is 14.9. The van der Waals surface area contributed by atoms with Gasteiger partial charge in [0.2, 0.25) is 5.95 Å². The zero-order chi connectivity index (χ0) is 14.2. The Morgan fingerprint density at radius 3 is 2.90 bits per heavy atom. The Bertz CT molecular complexity index is 433. The van der Waals surface area contributed by atoms with Crippen molar-refractivity contribution in [1.82, 2.24) is 9.97 Å². The third-order valence-electron chi connectivity index (χ3n) is 3.05. The molecule has 7 nitrogen and oxygen atoms in total. The van der Waals surface area contributed by atoms with Crippen molar-refractivity contribution in [3.63, 3.8) is 0 Å². The zero-order valence-electron chi connectivity index (χ0n) is 11.9. The second-order valence-corrected chi connectivity index (χ2v) is 4.58. The molecule has 2 heterocycles. The highest BCUT2D eigenvalue weighted by Crippen LogP contribution is 2.19. The highest BCUT2D eigenvalue weighted by atomic mass is 16.5. The molecule has 110 valence electrons. The van der Waals surface area contributed by atoms with Crippen LogP contribution < -0.4 is 15.6 Å². The Morgan fingerprint density at radius 2 is 2.20 bits per heavy atom. The van der Waals surface area contributed by atoms with Gasteiger partial charge in [-0.2, -0.15) is 15.1 Å². The van der Waals surface area contributed by atoms with Crippen LogP contribution in [0.4, 0.5) is 17.6 Å². The van der Waals surface area contributed by atoms with Crippen molar-refractivity contribution in [3.05, 3.63) is 6.07 Å². The highest BCUT2D eigenvalue weighted by Gasteiger charge is 2.14. The fourth-order valence-corrected chi connectivity index (χ4v) is 1.98. The summed E-state index contributed by atoms with van der Waals surface area (Å²) in [5.74, 6) is 2.15. The van der Waals surface area contributed by atoms with Gasteiger partial charge in [0.05, 0.1) is 13.2 Å². The molecule has 0 spiro atoms. The lowest BCUT2D eigenvalue weighted by molar-refractivity contribution is 0.122. The molecule has 2 rings (SSSR count). The molecular weight excluding hydrogens is 256 g/mol. The van der Waals surface area contributed by atoms with E-state index in [1.165, 1.54) is 0 Å². The van der Waals surface area contributed by atoms with Crippen molar-refractivity contribution in [1.29, 1.82) is 0 Å². The molecule has 20 heavy (non-hydrogen) atoms. The maximum Gasteiger partial charge on any atom is 0.226 e. The van der Waals surface area contributed by atoms with E-state index < -0.39 is 0 Å². The van der Waals surface area contributed by atoms with Crippen molar-refractivity contribution < 1.29 is 4.74 Å². The predicted octanol–water partition coefficient (Wildman–Crippen LogP) is 1.55. The van der Waals surface area contributed by atoms with E-state index in [-0.39, 0.29) is 0 Å². The SMILES string of the molecule is C=NNc1cc(N2CCOCC2)nc(NCCCC)n1. The van der Waals surface area contributed by atoms with E-state index in [0.717, 1.165) is 51.5 Å². The largest absolute Gasteiger partial charge is 0.378 e. The van der Waals surface area contributed by atoms with Crippen LogP contribution in [-0.2, 0) is 4.74 Å². The first kappa shape index (κ1) is 14.5. The number of rotatable bonds is 7. The molecule has 7 heteroatoms. The fraction of sp³-hybridized carbons (Fsp3) is 0.615. The summed E-state index contributed by atoms with van der Waals surface area (Å²) < 4.78 is 5.36. The molecule has 0 saturated carbocycles. The molecule has 0 amide bonds. The molecule has 1 aliphatic rings. The fourth-order valence-electron chi connectivity index (χ4n) is 1.98. The van der Waals surface area contributed by atoms with E-state index in [9.17, 15) is 0 Å². The molecule has 0 radical (unpaired) electrons. The standard InChI is InChI=1S/C13H22N6O/c1-3-4-5-15-13-16-11(18-14-2)10-12(17-13)19-6-8-20-9-7-19/h10H,2-9H2,1H3,(H2,15,16,17,18). The number of hydrogen-bond acceptors (Lipinski definition) is 7. The number of aromatic nitrogens is 2.